The van der Waals surface area contributed by atoms with E-state index in [2.05, 4.69) is 4.99 Å². The molecule has 0 aliphatic heterocycles. The third kappa shape index (κ3) is 4.91. The van der Waals surface area contributed by atoms with E-state index in [-0.39, 0.29) is 10.8 Å². The highest BCUT2D eigenvalue weighted by molar-refractivity contribution is 6.30. The maximum Gasteiger partial charge on any atom is 0.420 e. The maximum atomic E-state index is 13.2. The summed E-state index contributed by atoms with van der Waals surface area (Å²) in [6, 6.07) is 6.92. The van der Waals surface area contributed by atoms with E-state index in [0.29, 0.717) is 11.3 Å². The Morgan fingerprint density at radius 3 is 2.42 bits per heavy atom. The topological polar surface area (TPSA) is 24.8 Å². The minimum absolute atomic E-state index is 0.00214. The lowest BCUT2D eigenvalue weighted by Crippen LogP contribution is -2.14. The highest BCUT2D eigenvalue weighted by atomic mass is 35.5. The molecule has 0 atom stereocenters. The number of alkyl halides is 3. The van der Waals surface area contributed by atoms with Crippen molar-refractivity contribution in [3.63, 3.8) is 0 Å². The van der Waals surface area contributed by atoms with E-state index in [9.17, 15) is 13.2 Å². The van der Waals surface area contributed by atoms with Gasteiger partial charge in [-0.05, 0) is 62.2 Å². The van der Waals surface area contributed by atoms with Crippen LogP contribution >= 0.6 is 11.6 Å². The predicted molar refractivity (Wildman–Crippen MR) is 98.9 cm³/mol. The van der Waals surface area contributed by atoms with Crippen molar-refractivity contribution in [2.45, 2.75) is 26.9 Å². The van der Waals surface area contributed by atoms with Crippen LogP contribution in [0.25, 0.3) is 0 Å². The maximum absolute atomic E-state index is 13.2. The van der Waals surface area contributed by atoms with Crippen molar-refractivity contribution < 1.29 is 17.9 Å². The second-order valence-electron chi connectivity index (χ2n) is 5.96. The van der Waals surface area contributed by atoms with E-state index < -0.39 is 11.7 Å². The third-order valence-corrected chi connectivity index (χ3v) is 4.09. The number of hydrogen-bond acceptors (Lipinski definition) is 2. The van der Waals surface area contributed by atoms with Crippen LogP contribution in [0.3, 0.4) is 0 Å². The molecular weight excluding hydrogens is 365 g/mol. The van der Waals surface area contributed by atoms with E-state index in [0.717, 1.165) is 23.9 Å². The van der Waals surface area contributed by atoms with Gasteiger partial charge in [0.15, 0.2) is 0 Å². The molecule has 0 unspecified atom stereocenters. The molecule has 0 spiro atoms. The van der Waals surface area contributed by atoms with Crippen molar-refractivity contribution in [1.29, 1.82) is 0 Å². The minimum atomic E-state index is -4.56. The first-order valence-electron chi connectivity index (χ1n) is 8.02. The van der Waals surface area contributed by atoms with Gasteiger partial charge in [-0.3, -0.25) is 0 Å². The number of aryl methyl sites for hydroxylation is 2. The van der Waals surface area contributed by atoms with Crippen molar-refractivity contribution in [1.82, 2.24) is 4.90 Å². The van der Waals surface area contributed by atoms with Crippen LogP contribution in [0.4, 0.5) is 18.9 Å². The van der Waals surface area contributed by atoms with Crippen LogP contribution in [0.15, 0.2) is 35.3 Å². The standard InChI is InChI=1S/C19H20ClF3N2O/c1-5-25(4)11-24-16-8-13(3)18(9-12(16)2)26-17-7-6-14(20)10-15(17)19(21,22)23/h6-11H,5H2,1-4H3. The molecule has 0 radical (unpaired) electrons. The quantitative estimate of drug-likeness (QED) is 0.441. The van der Waals surface area contributed by atoms with Crippen LogP contribution in [-0.2, 0) is 6.18 Å². The minimum Gasteiger partial charge on any atom is -0.456 e. The molecule has 0 aliphatic carbocycles. The summed E-state index contributed by atoms with van der Waals surface area (Å²) < 4.78 is 45.2. The second-order valence-corrected chi connectivity index (χ2v) is 6.40. The number of nitrogens with zero attached hydrogens (tertiary/aromatic N) is 2. The fourth-order valence-corrected chi connectivity index (χ4v) is 2.37. The molecule has 0 saturated heterocycles. The molecule has 0 N–H and O–H groups in total. The smallest absolute Gasteiger partial charge is 0.420 e. The third-order valence-electron chi connectivity index (χ3n) is 3.85. The van der Waals surface area contributed by atoms with Gasteiger partial charge in [-0.25, -0.2) is 4.99 Å². The Labute approximate surface area is 156 Å². The Morgan fingerprint density at radius 1 is 1.12 bits per heavy atom. The zero-order valence-corrected chi connectivity index (χ0v) is 15.7. The highest BCUT2D eigenvalue weighted by Crippen LogP contribution is 2.40. The SMILES string of the molecule is CCN(C)C=Nc1cc(C)c(Oc2ccc(Cl)cc2C(F)(F)F)cc1C. The van der Waals surface area contributed by atoms with Crippen LogP contribution in [0.2, 0.25) is 5.02 Å². The average Bonchev–Trinajstić information content (AvgIpc) is 2.56. The van der Waals surface area contributed by atoms with Crippen LogP contribution in [0.1, 0.15) is 23.6 Å². The first kappa shape index (κ1) is 20.1. The van der Waals surface area contributed by atoms with E-state index in [1.165, 1.54) is 12.1 Å². The van der Waals surface area contributed by atoms with Gasteiger partial charge in [-0.2, -0.15) is 13.2 Å². The molecule has 0 aliphatic rings. The van der Waals surface area contributed by atoms with Crippen LogP contribution in [0.5, 0.6) is 11.5 Å². The molecule has 3 nitrogen and oxygen atoms in total. The first-order chi connectivity index (χ1) is 12.1. The molecule has 2 aromatic rings. The second kappa shape index (κ2) is 7.99. The molecule has 0 bridgehead atoms. The number of halogens is 4. The number of benzene rings is 2. The molecule has 0 fully saturated rings. The van der Waals surface area contributed by atoms with Gasteiger partial charge in [0.2, 0.25) is 0 Å². The van der Waals surface area contributed by atoms with Gasteiger partial charge in [-0.1, -0.05) is 11.6 Å². The average molecular weight is 385 g/mol. The number of ether oxygens (including phenoxy) is 1. The Hall–Kier alpha value is -2.21. The van der Waals surface area contributed by atoms with Crippen molar-refractivity contribution in [3.8, 4) is 11.5 Å². The zero-order chi connectivity index (χ0) is 19.5. The van der Waals surface area contributed by atoms with Gasteiger partial charge < -0.3 is 9.64 Å². The number of hydrogen-bond donors (Lipinski definition) is 0. The van der Waals surface area contributed by atoms with E-state index in [4.69, 9.17) is 16.3 Å². The van der Waals surface area contributed by atoms with Crippen LogP contribution < -0.4 is 4.74 Å². The Bertz CT molecular complexity index is 819. The van der Waals surface area contributed by atoms with Gasteiger partial charge in [0.05, 0.1) is 17.6 Å². The molecule has 0 amide bonds. The summed E-state index contributed by atoms with van der Waals surface area (Å²) in [5.74, 6) is 0.0597. The predicted octanol–water partition coefficient (Wildman–Crippen LogP) is 6.38. The molecule has 0 heterocycles. The fraction of sp³-hybridized carbons (Fsp3) is 0.316. The lowest BCUT2D eigenvalue weighted by Gasteiger charge is -2.16. The summed E-state index contributed by atoms with van der Waals surface area (Å²) in [7, 11) is 1.91. The lowest BCUT2D eigenvalue weighted by molar-refractivity contribution is -0.138. The van der Waals surface area contributed by atoms with E-state index in [1.54, 1.807) is 25.4 Å². The van der Waals surface area contributed by atoms with Gasteiger partial charge in [0.1, 0.15) is 11.5 Å². The van der Waals surface area contributed by atoms with E-state index >= 15 is 0 Å². The summed E-state index contributed by atoms with van der Waals surface area (Å²) in [6.45, 7) is 6.42. The zero-order valence-electron chi connectivity index (χ0n) is 15.0. The van der Waals surface area contributed by atoms with Crippen molar-refractivity contribution in [2.75, 3.05) is 13.6 Å². The number of rotatable bonds is 5. The Morgan fingerprint density at radius 2 is 1.81 bits per heavy atom. The molecular formula is C19H20ClF3N2O. The summed E-state index contributed by atoms with van der Waals surface area (Å²) in [6.07, 6.45) is -2.85. The van der Waals surface area contributed by atoms with Crippen LogP contribution in [-0.4, -0.2) is 24.8 Å². The fourth-order valence-electron chi connectivity index (χ4n) is 2.20. The summed E-state index contributed by atoms with van der Waals surface area (Å²) in [4.78, 5) is 6.32. The van der Waals surface area contributed by atoms with E-state index in [1.807, 2.05) is 25.8 Å². The van der Waals surface area contributed by atoms with Crippen molar-refractivity contribution in [3.05, 3.63) is 52.0 Å². The molecule has 140 valence electrons. The van der Waals surface area contributed by atoms with Gasteiger partial charge >= 0.3 is 6.18 Å². The Kier molecular flexibility index (Phi) is 6.18. The lowest BCUT2D eigenvalue weighted by atomic mass is 10.1. The van der Waals surface area contributed by atoms with Crippen molar-refractivity contribution in [2.24, 2.45) is 4.99 Å². The normalized spacial score (nSPS) is 11.8. The molecule has 0 aromatic heterocycles. The van der Waals surface area contributed by atoms with Gasteiger partial charge in [0.25, 0.3) is 0 Å². The summed E-state index contributed by atoms with van der Waals surface area (Å²) >= 11 is 5.70. The largest absolute Gasteiger partial charge is 0.456 e. The molecule has 2 rings (SSSR count). The molecule has 26 heavy (non-hydrogen) atoms. The van der Waals surface area contributed by atoms with Crippen molar-refractivity contribution >= 4 is 23.6 Å². The summed E-state index contributed by atoms with van der Waals surface area (Å²) in [5, 5.41) is 0.00214. The number of aliphatic imine (C=N–C) groups is 1. The van der Waals surface area contributed by atoms with Crippen LogP contribution in [0, 0.1) is 13.8 Å². The molecule has 0 saturated carbocycles. The van der Waals surface area contributed by atoms with Gasteiger partial charge in [-0.15, -0.1) is 0 Å². The molecule has 7 heteroatoms. The Balaban J connectivity index is 2.37. The highest BCUT2D eigenvalue weighted by Gasteiger charge is 2.35. The summed E-state index contributed by atoms with van der Waals surface area (Å²) in [5.41, 5.74) is 1.31. The monoisotopic (exact) mass is 384 g/mol. The molecule has 2 aromatic carbocycles. The van der Waals surface area contributed by atoms with Gasteiger partial charge in [0, 0.05) is 18.6 Å². The first-order valence-corrected chi connectivity index (χ1v) is 8.40.